The van der Waals surface area contributed by atoms with Crippen molar-refractivity contribution in [1.82, 2.24) is 0 Å². The second-order valence-electron chi connectivity index (χ2n) is 5.03. The third kappa shape index (κ3) is 3.02. The summed E-state index contributed by atoms with van der Waals surface area (Å²) in [6, 6.07) is 4.90. The maximum Gasteiger partial charge on any atom is 0.0516 e. The lowest BCUT2D eigenvalue weighted by atomic mass is 9.97. The predicted molar refractivity (Wildman–Crippen MR) is 75.6 cm³/mol. The van der Waals surface area contributed by atoms with Crippen molar-refractivity contribution in [1.29, 1.82) is 0 Å². The lowest BCUT2D eigenvalue weighted by molar-refractivity contribution is 0.0537. The molecule has 0 spiro atoms. The molecule has 2 atom stereocenters. The molecule has 2 unspecified atom stereocenters. The molecule has 1 N–H and O–H groups in total. The Morgan fingerprint density at radius 1 is 1.35 bits per heavy atom. The number of ether oxygens (including phenoxy) is 1. The molecule has 1 aromatic rings. The molecule has 17 heavy (non-hydrogen) atoms. The molecule has 1 aliphatic rings. The number of benzene rings is 1. The van der Waals surface area contributed by atoms with E-state index in [9.17, 15) is 0 Å². The molecule has 0 saturated carbocycles. The molecule has 1 heterocycles. The first-order valence-electron chi connectivity index (χ1n) is 6.19. The minimum atomic E-state index is 0.515. The molecule has 1 fully saturated rings. The van der Waals surface area contributed by atoms with Crippen molar-refractivity contribution < 1.29 is 4.74 Å². The van der Waals surface area contributed by atoms with E-state index in [1.807, 2.05) is 0 Å². The van der Waals surface area contributed by atoms with Crippen LogP contribution in [0.1, 0.15) is 24.5 Å². The molecule has 94 valence electrons. The van der Waals surface area contributed by atoms with E-state index in [4.69, 9.17) is 4.74 Å². The normalized spacial score (nSPS) is 24.7. The predicted octanol–water partition coefficient (Wildman–Crippen LogP) is 3.90. The minimum Gasteiger partial charge on any atom is -0.381 e. The fourth-order valence-corrected chi connectivity index (χ4v) is 3.17. The van der Waals surface area contributed by atoms with Crippen LogP contribution in [0.4, 0.5) is 5.69 Å². The SMILES string of the molecule is Cc1cc(C)c(NC2CCOCC2C)c(Br)c1. The molecule has 0 bridgehead atoms. The van der Waals surface area contributed by atoms with Crippen LogP contribution in [0, 0.1) is 19.8 Å². The Bertz CT molecular complexity index is 382. The smallest absolute Gasteiger partial charge is 0.0516 e. The van der Waals surface area contributed by atoms with Gasteiger partial charge in [0.15, 0.2) is 0 Å². The number of hydrogen-bond donors (Lipinski definition) is 1. The van der Waals surface area contributed by atoms with Gasteiger partial charge in [-0.3, -0.25) is 0 Å². The van der Waals surface area contributed by atoms with Gasteiger partial charge in [0.05, 0.1) is 12.3 Å². The van der Waals surface area contributed by atoms with Gasteiger partial charge in [-0.05, 0) is 59.3 Å². The van der Waals surface area contributed by atoms with E-state index in [-0.39, 0.29) is 0 Å². The second-order valence-corrected chi connectivity index (χ2v) is 5.88. The third-order valence-electron chi connectivity index (χ3n) is 3.40. The van der Waals surface area contributed by atoms with Crippen LogP contribution in [-0.4, -0.2) is 19.3 Å². The van der Waals surface area contributed by atoms with Crippen molar-refractivity contribution in [3.05, 3.63) is 27.7 Å². The monoisotopic (exact) mass is 297 g/mol. The molecule has 0 radical (unpaired) electrons. The highest BCUT2D eigenvalue weighted by molar-refractivity contribution is 9.10. The quantitative estimate of drug-likeness (QED) is 0.894. The first-order valence-corrected chi connectivity index (χ1v) is 6.98. The van der Waals surface area contributed by atoms with Crippen LogP contribution in [0.2, 0.25) is 0 Å². The highest BCUT2D eigenvalue weighted by atomic mass is 79.9. The topological polar surface area (TPSA) is 21.3 Å². The van der Waals surface area contributed by atoms with Gasteiger partial charge < -0.3 is 10.1 Å². The third-order valence-corrected chi connectivity index (χ3v) is 4.03. The molecule has 1 saturated heterocycles. The number of nitrogens with one attached hydrogen (secondary N) is 1. The van der Waals surface area contributed by atoms with Crippen molar-refractivity contribution in [3.63, 3.8) is 0 Å². The first kappa shape index (κ1) is 12.9. The van der Waals surface area contributed by atoms with Gasteiger partial charge in [0.2, 0.25) is 0 Å². The highest BCUT2D eigenvalue weighted by Gasteiger charge is 2.22. The molecular weight excluding hydrogens is 278 g/mol. The number of rotatable bonds is 2. The summed E-state index contributed by atoms with van der Waals surface area (Å²) in [5.74, 6) is 0.566. The van der Waals surface area contributed by atoms with E-state index in [0.29, 0.717) is 12.0 Å². The average molecular weight is 298 g/mol. The molecule has 2 rings (SSSR count). The van der Waals surface area contributed by atoms with E-state index in [1.165, 1.54) is 16.8 Å². The number of halogens is 1. The Balaban J connectivity index is 2.17. The lowest BCUT2D eigenvalue weighted by Gasteiger charge is -2.31. The number of anilines is 1. The van der Waals surface area contributed by atoms with Gasteiger partial charge in [-0.15, -0.1) is 0 Å². The highest BCUT2D eigenvalue weighted by Crippen LogP contribution is 2.30. The molecule has 3 heteroatoms. The van der Waals surface area contributed by atoms with E-state index in [0.717, 1.165) is 24.1 Å². The van der Waals surface area contributed by atoms with Crippen LogP contribution in [0.25, 0.3) is 0 Å². The summed E-state index contributed by atoms with van der Waals surface area (Å²) in [6.07, 6.45) is 1.08. The van der Waals surface area contributed by atoms with Crippen molar-refractivity contribution >= 4 is 21.6 Å². The first-order chi connectivity index (χ1) is 8.08. The Hall–Kier alpha value is -0.540. The van der Waals surface area contributed by atoms with Crippen LogP contribution < -0.4 is 5.32 Å². The van der Waals surface area contributed by atoms with Crippen molar-refractivity contribution in [2.75, 3.05) is 18.5 Å². The molecule has 0 aromatic heterocycles. The fourth-order valence-electron chi connectivity index (χ4n) is 2.38. The van der Waals surface area contributed by atoms with Gasteiger partial charge >= 0.3 is 0 Å². The van der Waals surface area contributed by atoms with E-state index >= 15 is 0 Å². The number of hydrogen-bond acceptors (Lipinski definition) is 2. The van der Waals surface area contributed by atoms with Crippen LogP contribution in [-0.2, 0) is 4.74 Å². The summed E-state index contributed by atoms with van der Waals surface area (Å²) < 4.78 is 6.64. The number of aryl methyl sites for hydroxylation is 2. The van der Waals surface area contributed by atoms with Crippen LogP contribution in [0.3, 0.4) is 0 Å². The molecule has 1 aliphatic heterocycles. The van der Waals surface area contributed by atoms with Gasteiger partial charge in [-0.1, -0.05) is 13.0 Å². The average Bonchev–Trinajstić information content (AvgIpc) is 2.25. The molecule has 0 amide bonds. The fraction of sp³-hybridized carbons (Fsp3) is 0.571. The molecule has 2 nitrogen and oxygen atoms in total. The van der Waals surface area contributed by atoms with Gasteiger partial charge in [0.25, 0.3) is 0 Å². The van der Waals surface area contributed by atoms with E-state index in [2.05, 4.69) is 54.2 Å². The molecular formula is C14H20BrNO. The summed E-state index contributed by atoms with van der Waals surface area (Å²) in [6.45, 7) is 8.25. The zero-order valence-corrected chi connectivity index (χ0v) is 12.3. The van der Waals surface area contributed by atoms with Gasteiger partial charge in [-0.2, -0.15) is 0 Å². The summed E-state index contributed by atoms with van der Waals surface area (Å²) in [4.78, 5) is 0. The maximum absolute atomic E-state index is 5.48. The second kappa shape index (κ2) is 5.40. The van der Waals surface area contributed by atoms with Crippen LogP contribution in [0.15, 0.2) is 16.6 Å². The Morgan fingerprint density at radius 3 is 2.76 bits per heavy atom. The van der Waals surface area contributed by atoms with Crippen molar-refractivity contribution in [2.45, 2.75) is 33.2 Å². The lowest BCUT2D eigenvalue weighted by Crippen LogP contribution is -2.36. The summed E-state index contributed by atoms with van der Waals surface area (Å²) in [5, 5.41) is 3.67. The maximum atomic E-state index is 5.48. The molecule has 0 aliphatic carbocycles. The largest absolute Gasteiger partial charge is 0.381 e. The van der Waals surface area contributed by atoms with Gasteiger partial charge in [-0.25, -0.2) is 0 Å². The summed E-state index contributed by atoms with van der Waals surface area (Å²) in [5.41, 5.74) is 3.82. The zero-order chi connectivity index (χ0) is 12.4. The van der Waals surface area contributed by atoms with Crippen molar-refractivity contribution in [2.24, 2.45) is 5.92 Å². The minimum absolute atomic E-state index is 0.515. The zero-order valence-electron chi connectivity index (χ0n) is 10.7. The van der Waals surface area contributed by atoms with Gasteiger partial charge in [0, 0.05) is 17.1 Å². The molecule has 1 aromatic carbocycles. The standard InChI is InChI=1S/C14H20BrNO/c1-9-6-10(2)14(12(15)7-9)16-13-4-5-17-8-11(13)3/h6-7,11,13,16H,4-5,8H2,1-3H3. The van der Waals surface area contributed by atoms with Crippen molar-refractivity contribution in [3.8, 4) is 0 Å². The summed E-state index contributed by atoms with van der Waals surface area (Å²) in [7, 11) is 0. The van der Waals surface area contributed by atoms with E-state index < -0.39 is 0 Å². The summed E-state index contributed by atoms with van der Waals surface area (Å²) >= 11 is 3.65. The van der Waals surface area contributed by atoms with E-state index in [1.54, 1.807) is 0 Å². The van der Waals surface area contributed by atoms with Gasteiger partial charge in [0.1, 0.15) is 0 Å². The van der Waals surface area contributed by atoms with Crippen LogP contribution in [0.5, 0.6) is 0 Å². The Kier molecular flexibility index (Phi) is 4.10. The Labute approximate surface area is 112 Å². The Morgan fingerprint density at radius 2 is 2.12 bits per heavy atom. The van der Waals surface area contributed by atoms with Crippen LogP contribution >= 0.6 is 15.9 Å².